The van der Waals surface area contributed by atoms with Crippen LogP contribution in [0.15, 0.2) is 60.7 Å². The number of ether oxygens (including phenoxy) is 4. The fraction of sp³-hybridized carbons (Fsp3) is 0.714. The third-order valence-electron chi connectivity index (χ3n) is 20.8. The number of piperidine rings is 1. The highest BCUT2D eigenvalue weighted by Crippen LogP contribution is 2.71. The molecule has 0 aromatic heterocycles. The summed E-state index contributed by atoms with van der Waals surface area (Å²) in [5.41, 5.74) is -0.234. The molecule has 370 valence electrons. The first-order chi connectivity index (χ1) is 32.7. The summed E-state index contributed by atoms with van der Waals surface area (Å²) in [4.78, 5) is 52.4. The molecule has 2 spiro atoms. The lowest BCUT2D eigenvalue weighted by Gasteiger charge is -2.71. The highest BCUT2D eigenvalue weighted by molar-refractivity contribution is 5.86. The van der Waals surface area contributed by atoms with Gasteiger partial charge in [0.2, 0.25) is 5.60 Å². The smallest absolute Gasteiger partial charge is 0.407 e. The number of aliphatic carboxylic acids is 1. The van der Waals surface area contributed by atoms with E-state index < -0.39 is 42.5 Å². The molecule has 68 heavy (non-hydrogen) atoms. The van der Waals surface area contributed by atoms with Gasteiger partial charge >= 0.3 is 24.0 Å². The third kappa shape index (κ3) is 7.89. The molecule has 12 heteroatoms. The number of carbonyl (C=O) groups is 4. The second-order valence-electron chi connectivity index (χ2n) is 23.4. The second-order valence-corrected chi connectivity index (χ2v) is 23.4. The van der Waals surface area contributed by atoms with Gasteiger partial charge in [-0.2, -0.15) is 0 Å². The Kier molecular flexibility index (Phi) is 13.1. The molecule has 6 saturated carbocycles. The van der Waals surface area contributed by atoms with Crippen LogP contribution >= 0.6 is 0 Å². The van der Waals surface area contributed by atoms with E-state index in [1.54, 1.807) is 0 Å². The van der Waals surface area contributed by atoms with Gasteiger partial charge in [-0.3, -0.25) is 9.59 Å². The van der Waals surface area contributed by atoms with E-state index in [2.05, 4.69) is 26.1 Å². The van der Waals surface area contributed by atoms with Gasteiger partial charge in [-0.25, -0.2) is 9.59 Å². The zero-order chi connectivity index (χ0) is 47.5. The van der Waals surface area contributed by atoms with Crippen molar-refractivity contribution in [1.82, 2.24) is 5.32 Å². The van der Waals surface area contributed by atoms with E-state index >= 15 is 0 Å². The zero-order valence-electron chi connectivity index (χ0n) is 40.8. The van der Waals surface area contributed by atoms with Crippen molar-refractivity contribution in [3.63, 3.8) is 0 Å². The summed E-state index contributed by atoms with van der Waals surface area (Å²) in [6.45, 7) is 9.21. The van der Waals surface area contributed by atoms with Crippen LogP contribution in [0, 0.1) is 51.8 Å². The number of carboxylic acid groups (broad SMARTS) is 1. The van der Waals surface area contributed by atoms with E-state index in [1.807, 2.05) is 60.7 Å². The van der Waals surface area contributed by atoms with Gasteiger partial charge < -0.3 is 39.0 Å². The molecule has 2 aromatic rings. The van der Waals surface area contributed by atoms with E-state index in [1.165, 1.54) is 43.3 Å². The molecular weight excluding hydrogens is 861 g/mol. The maximum absolute atomic E-state index is 14.8. The molecule has 10 rings (SSSR count). The van der Waals surface area contributed by atoms with Crippen molar-refractivity contribution in [3.8, 4) is 0 Å². The Morgan fingerprint density at radius 2 is 1.53 bits per heavy atom. The van der Waals surface area contributed by atoms with Crippen LogP contribution in [-0.2, 0) is 38.9 Å². The summed E-state index contributed by atoms with van der Waals surface area (Å²) >= 11 is 0. The second kappa shape index (κ2) is 18.6. The Morgan fingerprint density at radius 3 is 2.21 bits per heavy atom. The average molecular weight is 938 g/mol. The van der Waals surface area contributed by atoms with Gasteiger partial charge in [-0.15, -0.1) is 0 Å². The first-order valence-corrected chi connectivity index (χ1v) is 26.6. The molecule has 2 heterocycles. The number of hydrogen-bond donors (Lipinski definition) is 3. The van der Waals surface area contributed by atoms with Crippen molar-refractivity contribution >= 4 is 24.0 Å². The van der Waals surface area contributed by atoms with Gasteiger partial charge in [0.05, 0.1) is 24.6 Å². The Hall–Kier alpha value is -4.00. The molecule has 8 fully saturated rings. The Balaban J connectivity index is 0.697. The van der Waals surface area contributed by atoms with Crippen LogP contribution in [0.4, 0.5) is 4.79 Å². The number of rotatable bonds is 16. The monoisotopic (exact) mass is 938 g/mol. The molecule has 1 amide bonds. The van der Waals surface area contributed by atoms with E-state index in [4.69, 9.17) is 18.9 Å². The number of alkyl carbamates (subject to hydrolysis) is 1. The van der Waals surface area contributed by atoms with E-state index in [9.17, 15) is 29.4 Å². The molecule has 2 saturated heterocycles. The number of quaternary nitrogens is 1. The fourth-order valence-corrected chi connectivity index (χ4v) is 17.5. The van der Waals surface area contributed by atoms with Gasteiger partial charge in [0, 0.05) is 51.5 Å². The van der Waals surface area contributed by atoms with Crippen LogP contribution in [0.1, 0.15) is 147 Å². The molecular formula is C56H77N2O10+. The lowest BCUT2D eigenvalue weighted by atomic mass is 9.43. The molecule has 2 aliphatic heterocycles. The van der Waals surface area contributed by atoms with Gasteiger partial charge in [0.15, 0.2) is 6.79 Å². The third-order valence-corrected chi connectivity index (χ3v) is 20.8. The minimum absolute atomic E-state index is 0.0464. The first kappa shape index (κ1) is 47.7. The van der Waals surface area contributed by atoms with Crippen LogP contribution in [0.5, 0.6) is 0 Å². The Bertz CT molecular complexity index is 2130. The maximum Gasteiger partial charge on any atom is 0.407 e. The minimum Gasteiger partial charge on any atom is -0.481 e. The summed E-state index contributed by atoms with van der Waals surface area (Å²) in [5.74, 6) is 0.722. The molecule has 0 radical (unpaired) electrons. The summed E-state index contributed by atoms with van der Waals surface area (Å²) in [7, 11) is 0. The van der Waals surface area contributed by atoms with Crippen molar-refractivity contribution in [1.29, 1.82) is 0 Å². The molecule has 8 aliphatic rings. The molecule has 3 N–H and O–H groups in total. The number of benzene rings is 2. The number of carboxylic acids is 1. The number of amides is 1. The number of fused-ring (bicyclic) bond motifs is 7. The van der Waals surface area contributed by atoms with Crippen molar-refractivity contribution in [2.45, 2.75) is 172 Å². The van der Waals surface area contributed by atoms with Gasteiger partial charge in [-0.05, 0) is 128 Å². The number of nitrogens with one attached hydrogen (secondary N) is 1. The lowest BCUT2D eigenvalue weighted by molar-refractivity contribution is -1.04. The summed E-state index contributed by atoms with van der Waals surface area (Å²) in [6, 6.07) is 20.0. The Labute approximate surface area is 403 Å². The van der Waals surface area contributed by atoms with Crippen molar-refractivity contribution in [3.05, 3.63) is 71.8 Å². The fourth-order valence-electron chi connectivity index (χ4n) is 17.5. The highest BCUT2D eigenvalue weighted by atomic mass is 16.7. The van der Waals surface area contributed by atoms with Gasteiger partial charge in [0.1, 0.15) is 24.3 Å². The van der Waals surface area contributed by atoms with E-state index in [0.717, 1.165) is 64.2 Å². The topological polar surface area (TPSA) is 158 Å². The Morgan fingerprint density at radius 1 is 0.809 bits per heavy atom. The van der Waals surface area contributed by atoms with E-state index in [0.29, 0.717) is 71.1 Å². The predicted molar refractivity (Wildman–Crippen MR) is 253 cm³/mol. The largest absolute Gasteiger partial charge is 0.481 e. The number of carbonyl (C=O) groups excluding carboxylic acids is 3. The molecule has 14 atom stereocenters. The average Bonchev–Trinajstić information content (AvgIpc) is 4.07. The number of esters is 2. The van der Waals surface area contributed by atoms with E-state index in [-0.39, 0.29) is 48.3 Å². The van der Waals surface area contributed by atoms with Crippen LogP contribution in [0.2, 0.25) is 0 Å². The summed E-state index contributed by atoms with van der Waals surface area (Å²) < 4.78 is 25.9. The van der Waals surface area contributed by atoms with Gasteiger partial charge in [-0.1, -0.05) is 81.4 Å². The highest BCUT2D eigenvalue weighted by Gasteiger charge is 2.80. The van der Waals surface area contributed by atoms with Crippen LogP contribution < -0.4 is 5.32 Å². The summed E-state index contributed by atoms with van der Waals surface area (Å²) in [5, 5.41) is 24.1. The van der Waals surface area contributed by atoms with Crippen LogP contribution in [0.25, 0.3) is 0 Å². The van der Waals surface area contributed by atoms with Crippen LogP contribution in [-0.4, -0.2) is 95.5 Å². The number of nitrogens with zero attached hydrogens (tertiary/aromatic N) is 1. The molecule has 0 bridgehead atoms. The van der Waals surface area contributed by atoms with Gasteiger partial charge in [0.25, 0.3) is 0 Å². The molecule has 6 aliphatic carbocycles. The lowest BCUT2D eigenvalue weighted by Crippen LogP contribution is -2.84. The normalized spacial score (nSPS) is 37.7. The number of hydrogen-bond acceptors (Lipinski definition) is 9. The van der Waals surface area contributed by atoms with Crippen molar-refractivity contribution in [2.75, 3.05) is 26.4 Å². The SMILES string of the molecule is C[C@H](CCC(=O)O)C1CCC2C3CCC4C[C@H](OC(=O)NCCCC(=O)OCOC(C(=O)OC5CC6C7(CCC7[N+]67CCCC7)C5)(c5ccccc5)c5ccccc5)CC[C@]4(C)C3C[C@H](O)[C@@]21C. The molecule has 2 aromatic carbocycles. The first-order valence-electron chi connectivity index (χ1n) is 26.6. The standard InChI is InChI=1S/C56H76N2O10/c1-36(18-23-49(60)61)43-21-22-44-42-20-19-39-31-40(24-26-53(39,2)45(42)33-48(59)54(43,44)3)68-52(64)57-28-12-17-50(62)65-35-66-56(37-13-6-4-7-14-37,38-15-8-5-9-16-38)51(63)67-41-32-47-55(34-41)27-25-46(55)58(47)29-10-11-30-58/h4-9,13-16,36,39-48,59H,10-12,17-35H2,1-3H3,(H-,57,60,61,64)/p+1/t36-,39?,40-,41?,42?,43?,44?,45?,46?,47?,48+,53+,54-,55?/m1/s1. The quantitative estimate of drug-likeness (QED) is 0.0487. The van der Waals surface area contributed by atoms with Crippen molar-refractivity contribution in [2.24, 2.45) is 51.8 Å². The predicted octanol–water partition coefficient (Wildman–Crippen LogP) is 9.30. The molecule has 9 unspecified atom stereocenters. The number of aliphatic hydroxyl groups excluding tert-OH is 1. The maximum atomic E-state index is 14.8. The number of aliphatic hydroxyl groups is 1. The van der Waals surface area contributed by atoms with Crippen molar-refractivity contribution < 1.29 is 52.8 Å². The summed E-state index contributed by atoms with van der Waals surface area (Å²) in [6.07, 6.45) is 14.6. The minimum atomic E-state index is -1.65. The van der Waals surface area contributed by atoms with Crippen LogP contribution in [0.3, 0.4) is 0 Å². The zero-order valence-corrected chi connectivity index (χ0v) is 40.8. The molecule has 12 nitrogen and oxygen atoms in total.